The van der Waals surface area contributed by atoms with Crippen LogP contribution in [0.1, 0.15) is 16.8 Å². The van der Waals surface area contributed by atoms with Gasteiger partial charge in [0, 0.05) is 17.1 Å². The molecule has 0 N–H and O–H groups in total. The molecule has 0 aliphatic carbocycles. The summed E-state index contributed by atoms with van der Waals surface area (Å²) in [5, 5.41) is 8.91. The van der Waals surface area contributed by atoms with E-state index in [1.165, 1.54) is 30.5 Å². The molecule has 27 heavy (non-hydrogen) atoms. The predicted molar refractivity (Wildman–Crippen MR) is 84.3 cm³/mol. The molecular weight excluding hydrogens is 372 g/mol. The number of alkyl halides is 6. The lowest BCUT2D eigenvalue weighted by Gasteiger charge is -2.19. The van der Waals surface area contributed by atoms with Crippen LogP contribution in [0.25, 0.3) is 22.2 Å². The Balaban J connectivity index is 2.54. The SMILES string of the molecule is N#CCc1c(-c2ccccn2)c(C(F)(F)F)nc2c(C(F)(F)F)cccc12. The first-order valence-corrected chi connectivity index (χ1v) is 7.53. The van der Waals surface area contributed by atoms with Gasteiger partial charge in [-0.1, -0.05) is 18.2 Å². The summed E-state index contributed by atoms with van der Waals surface area (Å²) in [6.07, 6.45) is -9.22. The van der Waals surface area contributed by atoms with E-state index in [2.05, 4.69) is 9.97 Å². The highest BCUT2D eigenvalue weighted by Gasteiger charge is 2.40. The predicted octanol–water partition coefficient (Wildman–Crippen LogP) is 5.40. The maximum Gasteiger partial charge on any atom is 0.434 e. The van der Waals surface area contributed by atoms with Gasteiger partial charge in [0.1, 0.15) is 0 Å². The molecule has 0 aliphatic heterocycles. The fourth-order valence-corrected chi connectivity index (χ4v) is 2.84. The zero-order valence-electron chi connectivity index (χ0n) is 13.4. The molecule has 0 fully saturated rings. The van der Waals surface area contributed by atoms with E-state index in [1.807, 2.05) is 0 Å². The van der Waals surface area contributed by atoms with Crippen LogP contribution in [0.3, 0.4) is 0 Å². The Labute approximate surface area is 148 Å². The van der Waals surface area contributed by atoms with Crippen molar-refractivity contribution in [3.05, 3.63) is 59.4 Å². The van der Waals surface area contributed by atoms with Gasteiger partial charge in [-0.25, -0.2) is 4.98 Å². The Morgan fingerprint density at radius 1 is 0.926 bits per heavy atom. The molecule has 2 aromatic heterocycles. The van der Waals surface area contributed by atoms with Crippen LogP contribution < -0.4 is 0 Å². The summed E-state index contributed by atoms with van der Waals surface area (Å²) in [6.45, 7) is 0. The van der Waals surface area contributed by atoms with Crippen molar-refractivity contribution in [3.8, 4) is 17.3 Å². The molecule has 2 heterocycles. The molecule has 3 nitrogen and oxygen atoms in total. The number of nitriles is 1. The van der Waals surface area contributed by atoms with E-state index in [1.54, 1.807) is 6.07 Å². The number of rotatable bonds is 2. The van der Waals surface area contributed by atoms with Crippen LogP contribution >= 0.6 is 0 Å². The molecule has 0 saturated carbocycles. The van der Waals surface area contributed by atoms with E-state index in [-0.39, 0.29) is 16.6 Å². The molecule has 0 unspecified atom stereocenters. The standard InChI is InChI=1S/C18H9F6N3/c19-17(20,21)12-5-3-4-11-10(7-8-25)14(13-6-1-2-9-26-13)16(18(22,23)24)27-15(11)12/h1-6,9H,7H2. The Morgan fingerprint density at radius 2 is 1.67 bits per heavy atom. The number of halogens is 6. The molecule has 3 rings (SSSR count). The number of hydrogen-bond donors (Lipinski definition) is 0. The Hall–Kier alpha value is -3.15. The highest BCUT2D eigenvalue weighted by atomic mass is 19.4. The molecule has 9 heteroatoms. The van der Waals surface area contributed by atoms with Crippen molar-refractivity contribution in [1.29, 1.82) is 5.26 Å². The average molecular weight is 381 g/mol. The van der Waals surface area contributed by atoms with Crippen LogP contribution in [0.5, 0.6) is 0 Å². The van der Waals surface area contributed by atoms with Gasteiger partial charge in [-0.3, -0.25) is 4.98 Å². The first kappa shape index (κ1) is 18.6. The van der Waals surface area contributed by atoms with Gasteiger partial charge in [0.05, 0.1) is 29.3 Å². The van der Waals surface area contributed by atoms with Crippen LogP contribution in [-0.2, 0) is 18.8 Å². The molecule has 3 aromatic rings. The van der Waals surface area contributed by atoms with Gasteiger partial charge in [0.15, 0.2) is 5.69 Å². The van der Waals surface area contributed by atoms with E-state index >= 15 is 0 Å². The third-order valence-corrected chi connectivity index (χ3v) is 3.87. The van der Waals surface area contributed by atoms with Crippen LogP contribution in [0, 0.1) is 11.3 Å². The van der Waals surface area contributed by atoms with E-state index in [0.29, 0.717) is 6.07 Å². The van der Waals surface area contributed by atoms with Crippen LogP contribution in [0.2, 0.25) is 0 Å². The summed E-state index contributed by atoms with van der Waals surface area (Å²) in [4.78, 5) is 7.21. The average Bonchev–Trinajstić information content (AvgIpc) is 2.60. The zero-order valence-corrected chi connectivity index (χ0v) is 13.4. The van der Waals surface area contributed by atoms with Gasteiger partial charge in [0.25, 0.3) is 0 Å². The minimum Gasteiger partial charge on any atom is -0.256 e. The number of hydrogen-bond acceptors (Lipinski definition) is 3. The first-order chi connectivity index (χ1) is 12.6. The quantitative estimate of drug-likeness (QED) is 0.559. The van der Waals surface area contributed by atoms with Crippen molar-refractivity contribution in [2.24, 2.45) is 0 Å². The van der Waals surface area contributed by atoms with Gasteiger partial charge in [0.2, 0.25) is 0 Å². The lowest BCUT2D eigenvalue weighted by Crippen LogP contribution is -2.15. The van der Waals surface area contributed by atoms with E-state index in [0.717, 1.165) is 6.07 Å². The van der Waals surface area contributed by atoms with Crippen LogP contribution in [-0.4, -0.2) is 9.97 Å². The van der Waals surface area contributed by atoms with Gasteiger partial charge < -0.3 is 0 Å². The number of aromatic nitrogens is 2. The summed E-state index contributed by atoms with van der Waals surface area (Å²) in [6, 6.07) is 8.88. The highest BCUT2D eigenvalue weighted by Crippen LogP contribution is 2.42. The lowest BCUT2D eigenvalue weighted by molar-refractivity contribution is -0.141. The molecule has 0 bridgehead atoms. The maximum atomic E-state index is 13.7. The first-order valence-electron chi connectivity index (χ1n) is 7.53. The molecule has 0 aliphatic rings. The summed E-state index contributed by atoms with van der Waals surface area (Å²) in [5.41, 5.74) is -4.45. The number of benzene rings is 1. The van der Waals surface area contributed by atoms with Crippen molar-refractivity contribution in [1.82, 2.24) is 9.97 Å². The highest BCUT2D eigenvalue weighted by molar-refractivity contribution is 5.92. The summed E-state index contributed by atoms with van der Waals surface area (Å²) >= 11 is 0. The van der Waals surface area contributed by atoms with Crippen molar-refractivity contribution in [2.75, 3.05) is 0 Å². The van der Waals surface area contributed by atoms with Crippen molar-refractivity contribution in [3.63, 3.8) is 0 Å². The summed E-state index contributed by atoms with van der Waals surface area (Å²) in [5.74, 6) is 0. The number of fused-ring (bicyclic) bond motifs is 1. The number of pyridine rings is 2. The molecule has 1 aromatic carbocycles. The Kier molecular flexibility index (Phi) is 4.51. The third kappa shape index (κ3) is 3.43. The van der Waals surface area contributed by atoms with E-state index in [9.17, 15) is 26.3 Å². The Morgan fingerprint density at radius 3 is 2.22 bits per heavy atom. The molecular formula is C18H9F6N3. The molecule has 0 spiro atoms. The second-order valence-corrected chi connectivity index (χ2v) is 5.56. The fraction of sp³-hybridized carbons (Fsp3) is 0.167. The largest absolute Gasteiger partial charge is 0.434 e. The van der Waals surface area contributed by atoms with Crippen molar-refractivity contribution in [2.45, 2.75) is 18.8 Å². The smallest absolute Gasteiger partial charge is 0.256 e. The molecule has 0 amide bonds. The summed E-state index contributed by atoms with van der Waals surface area (Å²) < 4.78 is 80.8. The van der Waals surface area contributed by atoms with Gasteiger partial charge in [-0.2, -0.15) is 31.6 Å². The monoisotopic (exact) mass is 381 g/mol. The second-order valence-electron chi connectivity index (χ2n) is 5.56. The van der Waals surface area contributed by atoms with Crippen molar-refractivity contribution >= 4 is 10.9 Å². The van der Waals surface area contributed by atoms with Crippen LogP contribution in [0.15, 0.2) is 42.6 Å². The van der Waals surface area contributed by atoms with Crippen molar-refractivity contribution < 1.29 is 26.3 Å². The topological polar surface area (TPSA) is 49.6 Å². The second kappa shape index (κ2) is 6.54. The normalized spacial score (nSPS) is 12.2. The van der Waals surface area contributed by atoms with Gasteiger partial charge in [-0.05, 0) is 23.8 Å². The van der Waals surface area contributed by atoms with E-state index < -0.39 is 41.1 Å². The fourth-order valence-electron chi connectivity index (χ4n) is 2.84. The Bertz CT molecular complexity index is 1030. The number of para-hydroxylation sites is 1. The summed E-state index contributed by atoms with van der Waals surface area (Å²) in [7, 11) is 0. The minimum atomic E-state index is -5.04. The molecule has 138 valence electrons. The minimum absolute atomic E-state index is 0.123. The molecule has 0 atom stereocenters. The van der Waals surface area contributed by atoms with Crippen LogP contribution in [0.4, 0.5) is 26.3 Å². The maximum absolute atomic E-state index is 13.7. The molecule has 0 radical (unpaired) electrons. The lowest BCUT2D eigenvalue weighted by atomic mass is 9.93. The molecule has 0 saturated heterocycles. The third-order valence-electron chi connectivity index (χ3n) is 3.87. The number of nitrogens with zero attached hydrogens (tertiary/aromatic N) is 3. The van der Waals surface area contributed by atoms with Gasteiger partial charge in [-0.15, -0.1) is 0 Å². The van der Waals surface area contributed by atoms with E-state index in [4.69, 9.17) is 5.26 Å². The van der Waals surface area contributed by atoms with Gasteiger partial charge >= 0.3 is 12.4 Å². The zero-order chi connectivity index (χ0) is 19.8.